The molecule has 0 atom stereocenters. The second-order valence-electron chi connectivity index (χ2n) is 3.47. The summed E-state index contributed by atoms with van der Waals surface area (Å²) in [6.07, 6.45) is 1.38. The largest absolute Gasteiger partial charge is 0.396 e. The Morgan fingerprint density at radius 2 is 2.07 bits per heavy atom. The van der Waals surface area contributed by atoms with Crippen molar-refractivity contribution in [2.45, 2.75) is 12.8 Å². The molecule has 1 N–H and O–H groups in total. The van der Waals surface area contributed by atoms with Crippen LogP contribution in [0.25, 0.3) is 0 Å². The molecule has 0 bridgehead atoms. The minimum atomic E-state index is -0.203. The van der Waals surface area contributed by atoms with Gasteiger partial charge in [-0.1, -0.05) is 12.1 Å². The van der Waals surface area contributed by atoms with Crippen molar-refractivity contribution in [3.63, 3.8) is 0 Å². The minimum Gasteiger partial charge on any atom is -0.396 e. The van der Waals surface area contributed by atoms with Crippen molar-refractivity contribution in [2.24, 2.45) is 0 Å². The molecule has 14 heavy (non-hydrogen) atoms. The fourth-order valence-corrected chi connectivity index (χ4v) is 1.53. The normalized spacial score (nSPS) is 10.3. The zero-order valence-electron chi connectivity index (χ0n) is 8.63. The number of aliphatic hydroxyl groups is 1. The Hall–Kier alpha value is -1.09. The van der Waals surface area contributed by atoms with E-state index in [1.54, 1.807) is 11.0 Å². The Bertz CT molecular complexity index is 299. The highest BCUT2D eigenvalue weighted by atomic mass is 19.1. The lowest BCUT2D eigenvalue weighted by Crippen LogP contribution is -2.13. The number of para-hydroxylation sites is 1. The summed E-state index contributed by atoms with van der Waals surface area (Å²) in [6.45, 7) is 0.142. The molecule has 3 heteroatoms. The van der Waals surface area contributed by atoms with E-state index in [0.29, 0.717) is 18.5 Å². The average molecular weight is 197 g/mol. The van der Waals surface area contributed by atoms with Crippen LogP contribution in [0, 0.1) is 5.82 Å². The van der Waals surface area contributed by atoms with Crippen LogP contribution in [-0.2, 0) is 6.42 Å². The van der Waals surface area contributed by atoms with Crippen molar-refractivity contribution in [3.05, 3.63) is 29.6 Å². The number of hydrogen-bond acceptors (Lipinski definition) is 2. The Balaban J connectivity index is 2.96. The molecule has 0 aliphatic rings. The maximum Gasteiger partial charge on any atom is 0.146 e. The first-order valence-corrected chi connectivity index (χ1v) is 4.72. The number of benzene rings is 1. The van der Waals surface area contributed by atoms with Crippen molar-refractivity contribution < 1.29 is 9.50 Å². The summed E-state index contributed by atoms with van der Waals surface area (Å²) < 4.78 is 13.4. The monoisotopic (exact) mass is 197 g/mol. The molecule has 0 saturated carbocycles. The Labute approximate surface area is 84.0 Å². The number of halogens is 1. The van der Waals surface area contributed by atoms with Gasteiger partial charge >= 0.3 is 0 Å². The quantitative estimate of drug-likeness (QED) is 0.795. The summed E-state index contributed by atoms with van der Waals surface area (Å²) in [4.78, 5) is 1.77. The Morgan fingerprint density at radius 3 is 2.64 bits per heavy atom. The average Bonchev–Trinajstić information content (AvgIpc) is 2.14. The minimum absolute atomic E-state index is 0.142. The van der Waals surface area contributed by atoms with Crippen LogP contribution in [-0.4, -0.2) is 25.8 Å². The lowest BCUT2D eigenvalue weighted by molar-refractivity contribution is 0.288. The first-order valence-electron chi connectivity index (χ1n) is 4.72. The van der Waals surface area contributed by atoms with Gasteiger partial charge in [0.05, 0.1) is 5.69 Å². The molecular formula is C11H16FNO. The topological polar surface area (TPSA) is 23.5 Å². The van der Waals surface area contributed by atoms with Gasteiger partial charge in [0, 0.05) is 20.7 Å². The van der Waals surface area contributed by atoms with E-state index in [9.17, 15) is 4.39 Å². The zero-order chi connectivity index (χ0) is 10.6. The number of hydrogen-bond donors (Lipinski definition) is 1. The number of aliphatic hydroxyl groups excluding tert-OH is 1. The third kappa shape index (κ3) is 2.45. The summed E-state index contributed by atoms with van der Waals surface area (Å²) in [5.74, 6) is -0.203. The Morgan fingerprint density at radius 1 is 1.36 bits per heavy atom. The second kappa shape index (κ2) is 4.96. The number of nitrogens with zero attached hydrogens (tertiary/aromatic N) is 1. The van der Waals surface area contributed by atoms with E-state index in [2.05, 4.69) is 0 Å². The van der Waals surface area contributed by atoms with Gasteiger partial charge < -0.3 is 10.0 Å². The molecule has 0 spiro atoms. The lowest BCUT2D eigenvalue weighted by atomic mass is 10.1. The maximum atomic E-state index is 13.4. The summed E-state index contributed by atoms with van der Waals surface area (Å²) in [7, 11) is 3.64. The van der Waals surface area contributed by atoms with Gasteiger partial charge in [-0.25, -0.2) is 4.39 Å². The van der Waals surface area contributed by atoms with Gasteiger partial charge in [0.15, 0.2) is 0 Å². The standard InChI is InChI=1S/C11H16FNO/c1-13(2)11-9(6-4-8-14)5-3-7-10(11)12/h3,5,7,14H,4,6,8H2,1-2H3. The first kappa shape index (κ1) is 11.0. The molecule has 0 aliphatic heterocycles. The van der Waals surface area contributed by atoms with Crippen molar-refractivity contribution in [1.82, 2.24) is 0 Å². The molecule has 1 rings (SSSR count). The van der Waals surface area contributed by atoms with Crippen molar-refractivity contribution >= 4 is 5.69 Å². The summed E-state index contributed by atoms with van der Waals surface area (Å²) in [5.41, 5.74) is 1.57. The number of anilines is 1. The number of aryl methyl sites for hydroxylation is 1. The van der Waals surface area contributed by atoms with E-state index in [4.69, 9.17) is 5.11 Å². The summed E-state index contributed by atoms with van der Waals surface area (Å²) in [5, 5.41) is 8.72. The van der Waals surface area contributed by atoms with E-state index in [1.807, 2.05) is 20.2 Å². The fourth-order valence-electron chi connectivity index (χ4n) is 1.53. The third-order valence-corrected chi connectivity index (χ3v) is 2.12. The van der Waals surface area contributed by atoms with Crippen molar-refractivity contribution in [2.75, 3.05) is 25.6 Å². The molecule has 0 aliphatic carbocycles. The molecule has 78 valence electrons. The molecule has 0 heterocycles. The highest BCUT2D eigenvalue weighted by molar-refractivity contribution is 5.53. The van der Waals surface area contributed by atoms with Crippen molar-refractivity contribution in [1.29, 1.82) is 0 Å². The van der Waals surface area contributed by atoms with E-state index >= 15 is 0 Å². The van der Waals surface area contributed by atoms with Crippen LogP contribution < -0.4 is 4.90 Å². The zero-order valence-corrected chi connectivity index (χ0v) is 8.63. The molecule has 1 aromatic carbocycles. The van der Waals surface area contributed by atoms with Crippen LogP contribution in [0.1, 0.15) is 12.0 Å². The van der Waals surface area contributed by atoms with Gasteiger partial charge in [-0.05, 0) is 24.5 Å². The van der Waals surface area contributed by atoms with Crippen LogP contribution in [0.2, 0.25) is 0 Å². The smallest absolute Gasteiger partial charge is 0.146 e. The molecule has 0 unspecified atom stereocenters. The molecule has 0 aromatic heterocycles. The van der Waals surface area contributed by atoms with Gasteiger partial charge in [-0.3, -0.25) is 0 Å². The molecule has 2 nitrogen and oxygen atoms in total. The van der Waals surface area contributed by atoms with E-state index in [1.165, 1.54) is 6.07 Å². The highest BCUT2D eigenvalue weighted by Gasteiger charge is 2.09. The lowest BCUT2D eigenvalue weighted by Gasteiger charge is -2.17. The maximum absolute atomic E-state index is 13.4. The van der Waals surface area contributed by atoms with Crippen LogP contribution in [0.5, 0.6) is 0 Å². The van der Waals surface area contributed by atoms with E-state index in [-0.39, 0.29) is 12.4 Å². The van der Waals surface area contributed by atoms with Gasteiger partial charge in [0.25, 0.3) is 0 Å². The van der Waals surface area contributed by atoms with Crippen LogP contribution in [0.15, 0.2) is 18.2 Å². The van der Waals surface area contributed by atoms with Crippen LogP contribution >= 0.6 is 0 Å². The van der Waals surface area contributed by atoms with Crippen LogP contribution in [0.3, 0.4) is 0 Å². The van der Waals surface area contributed by atoms with Crippen molar-refractivity contribution in [3.8, 4) is 0 Å². The van der Waals surface area contributed by atoms with E-state index < -0.39 is 0 Å². The number of rotatable bonds is 4. The summed E-state index contributed by atoms with van der Waals surface area (Å²) in [6, 6.07) is 5.06. The SMILES string of the molecule is CN(C)c1c(F)cccc1CCCO. The second-order valence-corrected chi connectivity index (χ2v) is 3.47. The third-order valence-electron chi connectivity index (χ3n) is 2.12. The van der Waals surface area contributed by atoms with E-state index in [0.717, 1.165) is 5.56 Å². The predicted molar refractivity (Wildman–Crippen MR) is 56.1 cm³/mol. The highest BCUT2D eigenvalue weighted by Crippen LogP contribution is 2.23. The predicted octanol–water partition coefficient (Wildman–Crippen LogP) is 1.82. The van der Waals surface area contributed by atoms with Gasteiger partial charge in [-0.2, -0.15) is 0 Å². The fraction of sp³-hybridized carbons (Fsp3) is 0.455. The van der Waals surface area contributed by atoms with Gasteiger partial charge in [0.1, 0.15) is 5.82 Å². The molecule has 0 amide bonds. The van der Waals surface area contributed by atoms with Gasteiger partial charge in [0.2, 0.25) is 0 Å². The molecule has 0 radical (unpaired) electrons. The molecule has 0 saturated heterocycles. The Kier molecular flexibility index (Phi) is 3.89. The molecule has 1 aromatic rings. The van der Waals surface area contributed by atoms with Crippen LogP contribution in [0.4, 0.5) is 10.1 Å². The van der Waals surface area contributed by atoms with Gasteiger partial charge in [-0.15, -0.1) is 0 Å². The summed E-state index contributed by atoms with van der Waals surface area (Å²) >= 11 is 0. The molecular weight excluding hydrogens is 181 g/mol. The molecule has 0 fully saturated rings. The first-order chi connectivity index (χ1) is 6.66.